The molecule has 0 spiro atoms. The Bertz CT molecular complexity index is 607. The Morgan fingerprint density at radius 2 is 1.84 bits per heavy atom. The standard InChI is InChI=1S/C11H5BrClF3N2S/c12-6-3-1-2-4-7(6)19-9-5-8(11(14,15)16)17-10(13)18-9/h1-5H. The van der Waals surface area contributed by atoms with Gasteiger partial charge in [0.2, 0.25) is 5.28 Å². The molecule has 1 heterocycles. The Kier molecular flexibility index (Phi) is 4.37. The Hall–Kier alpha value is -0.790. The molecule has 0 radical (unpaired) electrons. The minimum Gasteiger partial charge on any atom is -0.213 e. The molecule has 1 aromatic carbocycles. The highest BCUT2D eigenvalue weighted by atomic mass is 79.9. The summed E-state index contributed by atoms with van der Waals surface area (Å²) in [5, 5.41) is -0.288. The maximum absolute atomic E-state index is 12.6. The molecular formula is C11H5BrClF3N2S. The summed E-state index contributed by atoms with van der Waals surface area (Å²) < 4.78 is 38.6. The number of hydrogen-bond acceptors (Lipinski definition) is 3. The second-order valence-corrected chi connectivity index (χ2v) is 5.65. The highest BCUT2D eigenvalue weighted by Crippen LogP contribution is 2.35. The van der Waals surface area contributed by atoms with Gasteiger partial charge in [-0.3, -0.25) is 0 Å². The first-order chi connectivity index (χ1) is 8.86. The largest absolute Gasteiger partial charge is 0.433 e. The van der Waals surface area contributed by atoms with Crippen molar-refractivity contribution >= 4 is 39.3 Å². The molecule has 0 aliphatic heterocycles. The summed E-state index contributed by atoms with van der Waals surface area (Å²) in [6.45, 7) is 0. The summed E-state index contributed by atoms with van der Waals surface area (Å²) in [7, 11) is 0. The summed E-state index contributed by atoms with van der Waals surface area (Å²) in [6, 6.07) is 8.01. The zero-order valence-electron chi connectivity index (χ0n) is 9.08. The molecule has 0 aliphatic rings. The van der Waals surface area contributed by atoms with Crippen molar-refractivity contribution in [1.29, 1.82) is 0 Å². The van der Waals surface area contributed by atoms with E-state index < -0.39 is 17.2 Å². The molecule has 100 valence electrons. The van der Waals surface area contributed by atoms with E-state index in [1.165, 1.54) is 0 Å². The van der Waals surface area contributed by atoms with Crippen LogP contribution in [0.15, 0.2) is 44.7 Å². The third kappa shape index (κ3) is 3.84. The van der Waals surface area contributed by atoms with Gasteiger partial charge in [-0.25, -0.2) is 9.97 Å². The molecule has 1 aromatic heterocycles. The predicted octanol–water partition coefficient (Wildman–Crippen LogP) is 5.06. The van der Waals surface area contributed by atoms with Crippen molar-refractivity contribution in [2.24, 2.45) is 0 Å². The molecule has 0 aliphatic carbocycles. The lowest BCUT2D eigenvalue weighted by atomic mass is 10.4. The van der Waals surface area contributed by atoms with Crippen molar-refractivity contribution in [3.63, 3.8) is 0 Å². The number of hydrogen-bond donors (Lipinski definition) is 0. The fourth-order valence-corrected chi connectivity index (χ4v) is 2.83. The van der Waals surface area contributed by atoms with Crippen LogP contribution in [0.4, 0.5) is 13.2 Å². The fourth-order valence-electron chi connectivity index (χ4n) is 1.23. The minimum absolute atomic E-state index is 0.138. The summed E-state index contributed by atoms with van der Waals surface area (Å²) in [5.41, 5.74) is -1.05. The Morgan fingerprint density at radius 3 is 2.47 bits per heavy atom. The van der Waals surface area contributed by atoms with Gasteiger partial charge in [0.05, 0.1) is 0 Å². The van der Waals surface area contributed by atoms with Crippen LogP contribution in [0, 0.1) is 0 Å². The van der Waals surface area contributed by atoms with Gasteiger partial charge in [0.15, 0.2) is 5.69 Å². The lowest BCUT2D eigenvalue weighted by molar-refractivity contribution is -0.141. The smallest absolute Gasteiger partial charge is 0.213 e. The van der Waals surface area contributed by atoms with E-state index in [1.807, 2.05) is 6.07 Å². The Labute approximate surface area is 124 Å². The van der Waals surface area contributed by atoms with Gasteiger partial charge in [-0.05, 0) is 39.7 Å². The molecule has 19 heavy (non-hydrogen) atoms. The topological polar surface area (TPSA) is 25.8 Å². The normalized spacial score (nSPS) is 11.6. The highest BCUT2D eigenvalue weighted by Gasteiger charge is 2.33. The molecule has 8 heteroatoms. The number of benzene rings is 1. The maximum atomic E-state index is 12.6. The molecule has 0 amide bonds. The number of alkyl halides is 3. The first kappa shape index (κ1) is 14.6. The molecule has 0 unspecified atom stereocenters. The van der Waals surface area contributed by atoms with Crippen molar-refractivity contribution in [2.45, 2.75) is 16.1 Å². The number of aromatic nitrogens is 2. The zero-order valence-corrected chi connectivity index (χ0v) is 12.2. The van der Waals surface area contributed by atoms with Gasteiger partial charge in [0.1, 0.15) is 5.03 Å². The monoisotopic (exact) mass is 368 g/mol. The van der Waals surface area contributed by atoms with Crippen LogP contribution in [-0.2, 0) is 6.18 Å². The van der Waals surface area contributed by atoms with Crippen molar-refractivity contribution in [2.75, 3.05) is 0 Å². The van der Waals surface area contributed by atoms with E-state index in [2.05, 4.69) is 25.9 Å². The molecule has 2 aromatic rings. The van der Waals surface area contributed by atoms with E-state index >= 15 is 0 Å². The quantitative estimate of drug-likeness (QED) is 0.546. The molecule has 0 saturated heterocycles. The van der Waals surface area contributed by atoms with Crippen LogP contribution in [0.25, 0.3) is 0 Å². The molecule has 0 saturated carbocycles. The van der Waals surface area contributed by atoms with Crippen LogP contribution < -0.4 is 0 Å². The molecule has 2 nitrogen and oxygen atoms in total. The molecule has 0 N–H and O–H groups in total. The summed E-state index contributed by atoms with van der Waals surface area (Å²) in [4.78, 5) is 7.69. The van der Waals surface area contributed by atoms with Crippen LogP contribution in [0.3, 0.4) is 0 Å². The predicted molar refractivity (Wildman–Crippen MR) is 70.3 cm³/mol. The van der Waals surface area contributed by atoms with Gasteiger partial charge >= 0.3 is 6.18 Å². The fraction of sp³-hybridized carbons (Fsp3) is 0.0909. The van der Waals surface area contributed by atoms with E-state index in [0.29, 0.717) is 0 Å². The van der Waals surface area contributed by atoms with Crippen molar-refractivity contribution in [1.82, 2.24) is 9.97 Å². The molecule has 0 bridgehead atoms. The van der Waals surface area contributed by atoms with Gasteiger partial charge in [-0.1, -0.05) is 23.9 Å². The van der Waals surface area contributed by atoms with Gasteiger partial charge in [-0.2, -0.15) is 13.2 Å². The lowest BCUT2D eigenvalue weighted by Crippen LogP contribution is -2.09. The van der Waals surface area contributed by atoms with E-state index in [-0.39, 0.29) is 5.03 Å². The van der Waals surface area contributed by atoms with Crippen LogP contribution in [0.2, 0.25) is 5.28 Å². The molecule has 2 rings (SSSR count). The lowest BCUT2D eigenvalue weighted by Gasteiger charge is -2.08. The Morgan fingerprint density at radius 1 is 1.16 bits per heavy atom. The molecule has 0 fully saturated rings. The average Bonchev–Trinajstić information content (AvgIpc) is 2.30. The minimum atomic E-state index is -4.55. The highest BCUT2D eigenvalue weighted by molar-refractivity contribution is 9.10. The molecular weight excluding hydrogens is 365 g/mol. The second-order valence-electron chi connectivity index (χ2n) is 3.39. The van der Waals surface area contributed by atoms with Gasteiger partial charge in [-0.15, -0.1) is 0 Å². The zero-order chi connectivity index (χ0) is 14.0. The SMILES string of the molecule is FC(F)(F)c1cc(Sc2ccccc2Br)nc(Cl)n1. The number of rotatable bonds is 2. The van der Waals surface area contributed by atoms with Gasteiger partial charge in [0, 0.05) is 15.4 Å². The third-order valence-corrected chi connectivity index (χ3v) is 4.13. The van der Waals surface area contributed by atoms with Gasteiger partial charge in [0.25, 0.3) is 0 Å². The summed E-state index contributed by atoms with van der Waals surface area (Å²) in [6.07, 6.45) is -4.55. The third-order valence-electron chi connectivity index (χ3n) is 2.02. The summed E-state index contributed by atoms with van der Waals surface area (Å²) >= 11 is 9.90. The van der Waals surface area contributed by atoms with E-state index in [1.54, 1.807) is 18.2 Å². The van der Waals surface area contributed by atoms with Crippen LogP contribution in [0.1, 0.15) is 5.69 Å². The Balaban J connectivity index is 2.36. The second kappa shape index (κ2) is 5.68. The van der Waals surface area contributed by atoms with Crippen molar-refractivity contribution in [3.8, 4) is 0 Å². The van der Waals surface area contributed by atoms with E-state index in [4.69, 9.17) is 11.6 Å². The van der Waals surface area contributed by atoms with Gasteiger partial charge < -0.3 is 0 Å². The summed E-state index contributed by atoms with van der Waals surface area (Å²) in [5.74, 6) is 0. The number of halogens is 5. The van der Waals surface area contributed by atoms with Crippen LogP contribution in [0.5, 0.6) is 0 Å². The first-order valence-corrected chi connectivity index (χ1v) is 6.89. The van der Waals surface area contributed by atoms with Crippen LogP contribution >= 0.6 is 39.3 Å². The number of nitrogens with zero attached hydrogens (tertiary/aromatic N) is 2. The van der Waals surface area contributed by atoms with Crippen molar-refractivity contribution in [3.05, 3.63) is 45.8 Å². The molecule has 0 atom stereocenters. The van der Waals surface area contributed by atoms with Crippen LogP contribution in [-0.4, -0.2) is 9.97 Å². The first-order valence-electron chi connectivity index (χ1n) is 4.90. The maximum Gasteiger partial charge on any atom is 0.433 e. The van der Waals surface area contributed by atoms with E-state index in [9.17, 15) is 13.2 Å². The van der Waals surface area contributed by atoms with Crippen molar-refractivity contribution < 1.29 is 13.2 Å². The average molecular weight is 370 g/mol. The van der Waals surface area contributed by atoms with E-state index in [0.717, 1.165) is 27.2 Å².